The van der Waals surface area contributed by atoms with Crippen molar-refractivity contribution in [3.05, 3.63) is 131 Å². The minimum Gasteiger partial charge on any atom is -0.494 e. The van der Waals surface area contributed by atoms with E-state index in [0.29, 0.717) is 28.4 Å². The maximum Gasteiger partial charge on any atom is 0.338 e. The summed E-state index contributed by atoms with van der Waals surface area (Å²) in [5, 5.41) is 0.187. The van der Waals surface area contributed by atoms with E-state index in [9.17, 15) is 14.0 Å². The molecule has 0 bridgehead atoms. The van der Waals surface area contributed by atoms with E-state index in [1.54, 1.807) is 13.0 Å². The van der Waals surface area contributed by atoms with Gasteiger partial charge in [-0.05, 0) is 54.8 Å². The summed E-state index contributed by atoms with van der Waals surface area (Å²) in [6.07, 6.45) is 3.38. The SMILES string of the molecule is CCCCOc1ccc(C2C(C(=O)OCc3ccccc3)=C(C)N=c3sc(=Cc4c(F)cccc4Cl)c(=O)n32)cc1. The maximum atomic E-state index is 14.6. The summed E-state index contributed by atoms with van der Waals surface area (Å²) in [5.74, 6) is -0.424. The van der Waals surface area contributed by atoms with Gasteiger partial charge in [-0.15, -0.1) is 0 Å². The highest BCUT2D eigenvalue weighted by molar-refractivity contribution is 7.07. The second-order valence-electron chi connectivity index (χ2n) is 9.55. The molecule has 0 aliphatic carbocycles. The highest BCUT2D eigenvalue weighted by Gasteiger charge is 2.33. The molecule has 9 heteroatoms. The van der Waals surface area contributed by atoms with Crippen molar-refractivity contribution in [3.8, 4) is 5.75 Å². The summed E-state index contributed by atoms with van der Waals surface area (Å²) in [4.78, 5) is 32.4. The lowest BCUT2D eigenvalue weighted by Gasteiger charge is -2.25. The zero-order valence-corrected chi connectivity index (χ0v) is 24.2. The molecule has 0 amide bonds. The van der Waals surface area contributed by atoms with E-state index in [1.165, 1.54) is 22.8 Å². The molecule has 1 aliphatic rings. The number of halogens is 2. The first kappa shape index (κ1) is 28.5. The summed E-state index contributed by atoms with van der Waals surface area (Å²) in [7, 11) is 0. The first-order valence-corrected chi connectivity index (χ1v) is 14.5. The topological polar surface area (TPSA) is 69.9 Å². The lowest BCUT2D eigenvalue weighted by Crippen LogP contribution is -2.39. The largest absolute Gasteiger partial charge is 0.494 e. The van der Waals surface area contributed by atoms with Gasteiger partial charge in [0, 0.05) is 5.56 Å². The smallest absolute Gasteiger partial charge is 0.338 e. The van der Waals surface area contributed by atoms with Gasteiger partial charge in [-0.2, -0.15) is 0 Å². The minimum atomic E-state index is -0.808. The van der Waals surface area contributed by atoms with Crippen molar-refractivity contribution in [2.75, 3.05) is 6.61 Å². The van der Waals surface area contributed by atoms with Crippen LogP contribution in [0.4, 0.5) is 4.39 Å². The number of hydrogen-bond donors (Lipinski definition) is 0. The van der Waals surface area contributed by atoms with Gasteiger partial charge in [-0.1, -0.05) is 84.8 Å². The fourth-order valence-electron chi connectivity index (χ4n) is 4.56. The molecule has 1 unspecified atom stereocenters. The molecule has 0 N–H and O–H groups in total. The van der Waals surface area contributed by atoms with Gasteiger partial charge in [0.25, 0.3) is 5.56 Å². The molecule has 0 saturated heterocycles. The highest BCUT2D eigenvalue weighted by atomic mass is 35.5. The summed E-state index contributed by atoms with van der Waals surface area (Å²) in [6, 6.07) is 20.2. The number of esters is 1. The van der Waals surface area contributed by atoms with Crippen molar-refractivity contribution in [1.82, 2.24) is 4.57 Å². The molecule has 1 atom stereocenters. The Hall–Kier alpha value is -4.01. The fraction of sp³-hybridized carbons (Fsp3) is 0.219. The third kappa shape index (κ3) is 6.19. The van der Waals surface area contributed by atoms with Crippen LogP contribution in [-0.4, -0.2) is 17.1 Å². The van der Waals surface area contributed by atoms with Crippen LogP contribution in [0, 0.1) is 5.82 Å². The van der Waals surface area contributed by atoms with Crippen LogP contribution < -0.4 is 19.6 Å². The predicted molar refractivity (Wildman–Crippen MR) is 158 cm³/mol. The van der Waals surface area contributed by atoms with Crippen molar-refractivity contribution in [1.29, 1.82) is 0 Å². The van der Waals surface area contributed by atoms with Gasteiger partial charge in [0.2, 0.25) is 0 Å². The van der Waals surface area contributed by atoms with Crippen molar-refractivity contribution >= 4 is 35.0 Å². The number of rotatable bonds is 9. The lowest BCUT2D eigenvalue weighted by atomic mass is 9.96. The molecule has 6 nitrogen and oxygen atoms in total. The minimum absolute atomic E-state index is 0.0730. The van der Waals surface area contributed by atoms with Crippen LogP contribution in [0.5, 0.6) is 5.75 Å². The number of ether oxygens (including phenoxy) is 2. The van der Waals surface area contributed by atoms with Crippen molar-refractivity contribution in [3.63, 3.8) is 0 Å². The first-order chi connectivity index (χ1) is 19.9. The third-order valence-corrected chi connectivity index (χ3v) is 8.00. The standard InChI is InChI=1S/C32H28ClFN2O4S/c1-3-4-17-39-23-15-13-22(14-16-23)29-28(31(38)40-19-21-9-6-5-7-10-21)20(2)35-32-36(29)30(37)27(41-32)18-24-25(33)11-8-12-26(24)34/h5-16,18,29H,3-4,17,19H2,1-2H3. The second-order valence-corrected chi connectivity index (χ2v) is 11.0. The third-order valence-electron chi connectivity index (χ3n) is 6.69. The van der Waals surface area contributed by atoms with E-state index in [0.717, 1.165) is 29.7 Å². The van der Waals surface area contributed by atoms with Crippen LogP contribution in [-0.2, 0) is 16.1 Å². The quantitative estimate of drug-likeness (QED) is 0.178. The molecule has 1 aliphatic heterocycles. The van der Waals surface area contributed by atoms with Crippen molar-refractivity contribution < 1.29 is 18.7 Å². The van der Waals surface area contributed by atoms with E-state index in [-0.39, 0.29) is 27.3 Å². The number of unbranched alkanes of at least 4 members (excludes halogenated alkanes) is 1. The van der Waals surface area contributed by atoms with Crippen LogP contribution in [0.1, 0.15) is 49.4 Å². The Morgan fingerprint density at radius 1 is 1.10 bits per heavy atom. The summed E-state index contributed by atoms with van der Waals surface area (Å²) in [6.45, 7) is 4.48. The Morgan fingerprint density at radius 2 is 1.85 bits per heavy atom. The van der Waals surface area contributed by atoms with Gasteiger partial charge >= 0.3 is 5.97 Å². The predicted octanol–water partition coefficient (Wildman–Crippen LogP) is 5.95. The van der Waals surface area contributed by atoms with Crippen LogP contribution in [0.15, 0.2) is 93.9 Å². The molecular weight excluding hydrogens is 563 g/mol. The molecule has 1 aromatic heterocycles. The molecule has 0 fully saturated rings. The number of aromatic nitrogens is 1. The number of hydrogen-bond acceptors (Lipinski definition) is 6. The zero-order chi connectivity index (χ0) is 28.9. The normalized spacial score (nSPS) is 14.9. The first-order valence-electron chi connectivity index (χ1n) is 13.3. The fourth-order valence-corrected chi connectivity index (χ4v) is 5.81. The Morgan fingerprint density at radius 3 is 2.56 bits per heavy atom. The number of thiazole rings is 1. The number of carbonyl (C=O) groups is 1. The highest BCUT2D eigenvalue weighted by Crippen LogP contribution is 2.32. The van der Waals surface area contributed by atoms with Crippen LogP contribution >= 0.6 is 22.9 Å². The van der Waals surface area contributed by atoms with E-state index in [4.69, 9.17) is 21.1 Å². The van der Waals surface area contributed by atoms with E-state index < -0.39 is 23.4 Å². The number of carbonyl (C=O) groups excluding carboxylic acids is 1. The van der Waals surface area contributed by atoms with Gasteiger partial charge in [0.05, 0.1) is 33.5 Å². The second kappa shape index (κ2) is 12.7. The van der Waals surface area contributed by atoms with Crippen molar-refractivity contribution in [2.45, 2.75) is 39.3 Å². The zero-order valence-electron chi connectivity index (χ0n) is 22.6. The van der Waals surface area contributed by atoms with E-state index >= 15 is 0 Å². The van der Waals surface area contributed by atoms with Crippen LogP contribution in [0.25, 0.3) is 6.08 Å². The maximum absolute atomic E-state index is 14.6. The van der Waals surface area contributed by atoms with E-state index in [2.05, 4.69) is 11.9 Å². The lowest BCUT2D eigenvalue weighted by molar-refractivity contribution is -0.140. The molecule has 4 aromatic rings. The molecule has 41 heavy (non-hydrogen) atoms. The monoisotopic (exact) mass is 590 g/mol. The number of benzene rings is 3. The molecule has 0 saturated carbocycles. The molecule has 3 aromatic carbocycles. The molecule has 0 radical (unpaired) electrons. The van der Waals surface area contributed by atoms with Gasteiger partial charge in [0.15, 0.2) is 4.80 Å². The Balaban J connectivity index is 1.59. The number of fused-ring (bicyclic) bond motifs is 1. The molecule has 0 spiro atoms. The molecule has 2 heterocycles. The summed E-state index contributed by atoms with van der Waals surface area (Å²) >= 11 is 7.35. The Labute approximate surface area is 245 Å². The van der Waals surface area contributed by atoms with Gasteiger partial charge in [-0.3, -0.25) is 9.36 Å². The summed E-state index contributed by atoms with van der Waals surface area (Å²) in [5.41, 5.74) is 1.91. The van der Waals surface area contributed by atoms with Crippen molar-refractivity contribution in [2.24, 2.45) is 4.99 Å². The van der Waals surface area contributed by atoms with Gasteiger partial charge in [0.1, 0.15) is 18.2 Å². The van der Waals surface area contributed by atoms with Gasteiger partial charge in [-0.25, -0.2) is 14.2 Å². The molecule has 5 rings (SSSR count). The Kier molecular flexibility index (Phi) is 8.81. The van der Waals surface area contributed by atoms with Crippen LogP contribution in [0.2, 0.25) is 5.02 Å². The average molecular weight is 591 g/mol. The van der Waals surface area contributed by atoms with Gasteiger partial charge < -0.3 is 9.47 Å². The average Bonchev–Trinajstić information content (AvgIpc) is 3.28. The number of nitrogens with zero attached hydrogens (tertiary/aromatic N) is 2. The Bertz CT molecular complexity index is 1760. The van der Waals surface area contributed by atoms with E-state index in [1.807, 2.05) is 54.6 Å². The number of allylic oxidation sites excluding steroid dienone is 1. The summed E-state index contributed by atoms with van der Waals surface area (Å²) < 4.78 is 27.8. The van der Waals surface area contributed by atoms with Crippen LogP contribution in [0.3, 0.4) is 0 Å². The molecule has 210 valence electrons. The molecular formula is C32H28ClFN2O4S.